The van der Waals surface area contributed by atoms with Crippen molar-refractivity contribution in [3.63, 3.8) is 0 Å². The van der Waals surface area contributed by atoms with Gasteiger partial charge in [-0.2, -0.15) is 0 Å². The maximum atomic E-state index is 10.1. The molecule has 1 aromatic carbocycles. The number of hydrogen-bond acceptors (Lipinski definition) is 5. The Bertz CT molecular complexity index is 381. The predicted octanol–water partition coefficient (Wildman–Crippen LogP) is 1.36. The van der Waals surface area contributed by atoms with E-state index in [1.165, 1.54) is 0 Å². The summed E-state index contributed by atoms with van der Waals surface area (Å²) in [6.45, 7) is 2.81. The van der Waals surface area contributed by atoms with Crippen molar-refractivity contribution >= 4 is 0 Å². The zero-order valence-corrected chi connectivity index (χ0v) is 11.3. The van der Waals surface area contributed by atoms with Crippen molar-refractivity contribution in [3.8, 4) is 17.2 Å². The zero-order valence-electron chi connectivity index (χ0n) is 11.3. The molecule has 2 N–H and O–H groups in total. The predicted molar refractivity (Wildman–Crippen MR) is 69.6 cm³/mol. The average Bonchev–Trinajstić information content (AvgIpc) is 2.38. The highest BCUT2D eigenvalue weighted by atomic mass is 16.5. The van der Waals surface area contributed by atoms with Gasteiger partial charge in [0.2, 0.25) is 5.75 Å². The molecule has 0 amide bonds. The smallest absolute Gasteiger partial charge is 0.203 e. The molecule has 5 nitrogen and oxygen atoms in total. The van der Waals surface area contributed by atoms with Gasteiger partial charge in [-0.05, 0) is 26.1 Å². The zero-order chi connectivity index (χ0) is 13.5. The Kier molecular flexibility index (Phi) is 5.74. The molecule has 0 bridgehead atoms. The topological polar surface area (TPSA) is 60.0 Å². The minimum Gasteiger partial charge on any atom is -0.493 e. The third kappa shape index (κ3) is 3.05. The third-order valence-electron chi connectivity index (χ3n) is 2.58. The maximum Gasteiger partial charge on any atom is 0.203 e. The first-order valence-corrected chi connectivity index (χ1v) is 5.89. The molecule has 0 heterocycles. The van der Waals surface area contributed by atoms with Gasteiger partial charge in [-0.3, -0.25) is 0 Å². The van der Waals surface area contributed by atoms with E-state index in [1.54, 1.807) is 33.4 Å². The fourth-order valence-electron chi connectivity index (χ4n) is 1.77. The number of hydrogen-bond donors (Lipinski definition) is 2. The summed E-state index contributed by atoms with van der Waals surface area (Å²) in [5, 5.41) is 13.0. The van der Waals surface area contributed by atoms with Crippen molar-refractivity contribution in [1.29, 1.82) is 0 Å². The second kappa shape index (κ2) is 7.08. The van der Waals surface area contributed by atoms with Crippen LogP contribution >= 0.6 is 0 Å². The van der Waals surface area contributed by atoms with Crippen molar-refractivity contribution < 1.29 is 19.3 Å². The van der Waals surface area contributed by atoms with Gasteiger partial charge in [0, 0.05) is 12.1 Å². The summed E-state index contributed by atoms with van der Waals surface area (Å²) in [5.41, 5.74) is 0.684. The third-order valence-corrected chi connectivity index (χ3v) is 2.58. The van der Waals surface area contributed by atoms with E-state index in [0.717, 1.165) is 0 Å². The Labute approximate surface area is 108 Å². The van der Waals surface area contributed by atoms with Crippen molar-refractivity contribution in [2.45, 2.75) is 13.0 Å². The Morgan fingerprint density at radius 3 is 2.44 bits per heavy atom. The SMILES string of the molecule is CCOc1c(C(O)CNC)ccc(OC)c1OC. The van der Waals surface area contributed by atoms with Crippen molar-refractivity contribution in [2.24, 2.45) is 0 Å². The molecule has 18 heavy (non-hydrogen) atoms. The van der Waals surface area contributed by atoms with Gasteiger partial charge in [0.15, 0.2) is 11.5 Å². The van der Waals surface area contributed by atoms with E-state index in [1.807, 2.05) is 6.92 Å². The lowest BCUT2D eigenvalue weighted by Crippen LogP contribution is -2.17. The summed E-state index contributed by atoms with van der Waals surface area (Å²) < 4.78 is 16.1. The van der Waals surface area contributed by atoms with Crippen LogP contribution in [0, 0.1) is 0 Å². The molecule has 102 valence electrons. The summed E-state index contributed by atoms with van der Waals surface area (Å²) in [7, 11) is 4.90. The van der Waals surface area contributed by atoms with Gasteiger partial charge in [-0.15, -0.1) is 0 Å². The first-order valence-electron chi connectivity index (χ1n) is 5.89. The number of aliphatic hydroxyl groups excluding tert-OH is 1. The van der Waals surface area contributed by atoms with Crippen LogP contribution in [0.2, 0.25) is 0 Å². The standard InChI is InChI=1S/C13H21NO4/c1-5-18-12-9(10(15)8-14-2)6-7-11(16-3)13(12)17-4/h6-7,10,14-15H,5,8H2,1-4H3. The number of rotatable bonds is 7. The molecule has 0 fully saturated rings. The molecular formula is C13H21NO4. The van der Waals surface area contributed by atoms with E-state index in [9.17, 15) is 5.11 Å². The maximum absolute atomic E-state index is 10.1. The minimum absolute atomic E-state index is 0.440. The van der Waals surface area contributed by atoms with E-state index in [4.69, 9.17) is 14.2 Å². The summed E-state index contributed by atoms with van der Waals surface area (Å²) in [4.78, 5) is 0. The molecule has 0 aliphatic rings. The molecular weight excluding hydrogens is 234 g/mol. The van der Waals surface area contributed by atoms with Gasteiger partial charge < -0.3 is 24.6 Å². The molecule has 5 heteroatoms. The van der Waals surface area contributed by atoms with Gasteiger partial charge in [-0.25, -0.2) is 0 Å². The van der Waals surface area contributed by atoms with Gasteiger partial charge in [-0.1, -0.05) is 0 Å². The van der Waals surface area contributed by atoms with Crippen molar-refractivity contribution in [2.75, 3.05) is 34.4 Å². The second-order valence-corrected chi connectivity index (χ2v) is 3.73. The Morgan fingerprint density at radius 2 is 1.94 bits per heavy atom. The van der Waals surface area contributed by atoms with Gasteiger partial charge >= 0.3 is 0 Å². The Balaban J connectivity index is 3.24. The number of benzene rings is 1. The number of aliphatic hydroxyl groups is 1. The van der Waals surface area contributed by atoms with Crippen LogP contribution in [-0.2, 0) is 0 Å². The molecule has 0 aromatic heterocycles. The van der Waals surface area contributed by atoms with Crippen LogP contribution in [-0.4, -0.2) is 39.5 Å². The van der Waals surface area contributed by atoms with E-state index in [2.05, 4.69) is 5.32 Å². The molecule has 0 saturated carbocycles. The summed E-state index contributed by atoms with van der Waals surface area (Å²) in [6.07, 6.45) is -0.656. The average molecular weight is 255 g/mol. The molecule has 0 radical (unpaired) electrons. The van der Waals surface area contributed by atoms with Gasteiger partial charge in [0.05, 0.1) is 26.9 Å². The highest BCUT2D eigenvalue weighted by Gasteiger charge is 2.20. The Morgan fingerprint density at radius 1 is 1.22 bits per heavy atom. The van der Waals surface area contributed by atoms with Gasteiger partial charge in [0.1, 0.15) is 0 Å². The van der Waals surface area contributed by atoms with E-state index in [-0.39, 0.29) is 0 Å². The molecule has 0 saturated heterocycles. The van der Waals surface area contributed by atoms with Crippen LogP contribution < -0.4 is 19.5 Å². The lowest BCUT2D eigenvalue weighted by molar-refractivity contribution is 0.170. The minimum atomic E-state index is -0.656. The van der Waals surface area contributed by atoms with Crippen LogP contribution in [0.25, 0.3) is 0 Å². The number of likely N-dealkylation sites (N-methyl/N-ethyl adjacent to an activating group) is 1. The number of methoxy groups -OCH3 is 2. The van der Waals surface area contributed by atoms with Crippen LogP contribution in [0.5, 0.6) is 17.2 Å². The van der Waals surface area contributed by atoms with E-state index < -0.39 is 6.10 Å². The van der Waals surface area contributed by atoms with Crippen LogP contribution in [0.15, 0.2) is 12.1 Å². The number of nitrogens with one attached hydrogen (secondary N) is 1. The first kappa shape index (κ1) is 14.6. The van der Waals surface area contributed by atoms with Crippen LogP contribution in [0.1, 0.15) is 18.6 Å². The first-order chi connectivity index (χ1) is 8.69. The fraction of sp³-hybridized carbons (Fsp3) is 0.538. The molecule has 1 unspecified atom stereocenters. The highest BCUT2D eigenvalue weighted by Crippen LogP contribution is 2.42. The lowest BCUT2D eigenvalue weighted by Gasteiger charge is -2.19. The molecule has 0 aliphatic heterocycles. The van der Waals surface area contributed by atoms with E-state index in [0.29, 0.717) is 36.0 Å². The molecule has 1 atom stereocenters. The molecule has 1 rings (SSSR count). The van der Waals surface area contributed by atoms with Gasteiger partial charge in [0.25, 0.3) is 0 Å². The normalized spacial score (nSPS) is 12.1. The van der Waals surface area contributed by atoms with Crippen LogP contribution in [0.4, 0.5) is 0 Å². The van der Waals surface area contributed by atoms with Crippen LogP contribution in [0.3, 0.4) is 0 Å². The molecule has 0 spiro atoms. The molecule has 1 aromatic rings. The summed E-state index contributed by atoms with van der Waals surface area (Å²) in [6, 6.07) is 3.55. The van der Waals surface area contributed by atoms with Crippen molar-refractivity contribution in [3.05, 3.63) is 17.7 Å². The summed E-state index contributed by atoms with van der Waals surface area (Å²) >= 11 is 0. The van der Waals surface area contributed by atoms with Crippen molar-refractivity contribution in [1.82, 2.24) is 5.32 Å². The summed E-state index contributed by atoms with van der Waals surface area (Å²) in [5.74, 6) is 1.62. The highest BCUT2D eigenvalue weighted by molar-refractivity contribution is 5.56. The Hall–Kier alpha value is -1.46. The largest absolute Gasteiger partial charge is 0.493 e. The lowest BCUT2D eigenvalue weighted by atomic mass is 10.1. The second-order valence-electron chi connectivity index (χ2n) is 3.73. The fourth-order valence-corrected chi connectivity index (χ4v) is 1.77. The number of ether oxygens (including phenoxy) is 3. The molecule has 0 aliphatic carbocycles. The van der Waals surface area contributed by atoms with E-state index >= 15 is 0 Å². The quantitative estimate of drug-likeness (QED) is 0.770. The monoisotopic (exact) mass is 255 g/mol.